The third-order valence-electron chi connectivity index (χ3n) is 2.90. The first-order valence-corrected chi connectivity index (χ1v) is 7.50. The third kappa shape index (κ3) is 3.79. The number of fused-ring (bicyclic) bond motifs is 1. The predicted octanol–water partition coefficient (Wildman–Crippen LogP) is 1.30. The van der Waals surface area contributed by atoms with Crippen LogP contribution in [0.25, 0.3) is 10.2 Å². The molecule has 21 heavy (non-hydrogen) atoms. The number of aromatic nitrogens is 2. The molecule has 8 heteroatoms. The summed E-state index contributed by atoms with van der Waals surface area (Å²) in [6.07, 6.45) is 0. The molecule has 0 aromatic carbocycles. The number of carbonyl (C=O) groups is 1. The number of ether oxygens (including phenoxy) is 1. The number of amides is 1. The first kappa shape index (κ1) is 15.5. The summed E-state index contributed by atoms with van der Waals surface area (Å²) >= 11 is 1.54. The maximum Gasteiger partial charge on any atom is 0.242 e. The van der Waals surface area contributed by atoms with Crippen molar-refractivity contribution in [3.63, 3.8) is 0 Å². The Labute approximate surface area is 127 Å². The first-order chi connectivity index (χ1) is 10.2. The second kappa shape index (κ2) is 7.19. The van der Waals surface area contributed by atoms with Gasteiger partial charge in [0.2, 0.25) is 11.9 Å². The van der Waals surface area contributed by atoms with Gasteiger partial charge in [-0.2, -0.15) is 4.98 Å². The molecular weight excluding hydrogens is 290 g/mol. The molecule has 0 saturated carbocycles. The number of carbonyl (C=O) groups excluding carboxylic acids is 1. The number of anilines is 2. The lowest BCUT2D eigenvalue weighted by atomic mass is 10.3. The number of nitrogens with one attached hydrogen (secondary N) is 3. The van der Waals surface area contributed by atoms with Crippen LogP contribution in [0, 0.1) is 0 Å². The van der Waals surface area contributed by atoms with Crippen molar-refractivity contribution in [2.24, 2.45) is 0 Å². The summed E-state index contributed by atoms with van der Waals surface area (Å²) in [7, 11) is 3.36. The van der Waals surface area contributed by atoms with Gasteiger partial charge in [-0.15, -0.1) is 11.3 Å². The quantitative estimate of drug-likeness (QED) is 0.668. The van der Waals surface area contributed by atoms with E-state index in [1.807, 2.05) is 11.4 Å². The molecule has 7 nitrogen and oxygen atoms in total. The van der Waals surface area contributed by atoms with E-state index in [0.717, 1.165) is 10.2 Å². The van der Waals surface area contributed by atoms with E-state index >= 15 is 0 Å². The van der Waals surface area contributed by atoms with Crippen LogP contribution in [0.15, 0.2) is 11.4 Å². The van der Waals surface area contributed by atoms with Gasteiger partial charge in [-0.25, -0.2) is 4.98 Å². The summed E-state index contributed by atoms with van der Waals surface area (Å²) in [6, 6.07) is 1.54. The number of nitrogens with zero attached hydrogens (tertiary/aromatic N) is 2. The van der Waals surface area contributed by atoms with Crippen LogP contribution in [0.1, 0.15) is 6.92 Å². The number of rotatable bonds is 7. The van der Waals surface area contributed by atoms with Crippen LogP contribution in [-0.4, -0.2) is 49.2 Å². The van der Waals surface area contributed by atoms with E-state index in [1.165, 1.54) is 11.3 Å². The fraction of sp³-hybridized carbons (Fsp3) is 0.462. The van der Waals surface area contributed by atoms with Gasteiger partial charge in [0.1, 0.15) is 16.7 Å². The number of thiophene rings is 1. The summed E-state index contributed by atoms with van der Waals surface area (Å²) in [5.74, 6) is 1.08. The monoisotopic (exact) mass is 309 g/mol. The molecule has 114 valence electrons. The minimum Gasteiger partial charge on any atom is -0.383 e. The highest BCUT2D eigenvalue weighted by Crippen LogP contribution is 2.26. The Morgan fingerprint density at radius 1 is 1.48 bits per heavy atom. The van der Waals surface area contributed by atoms with Crippen LogP contribution in [0.4, 0.5) is 11.8 Å². The molecule has 0 bridgehead atoms. The molecule has 2 aromatic rings. The SMILES string of the molecule is CNc1nc(NC(C)C(=O)NCCOC)c2ccsc2n1. The van der Waals surface area contributed by atoms with Crippen LogP contribution in [0.2, 0.25) is 0 Å². The number of methoxy groups -OCH3 is 1. The van der Waals surface area contributed by atoms with E-state index in [4.69, 9.17) is 4.74 Å². The maximum atomic E-state index is 12.0. The van der Waals surface area contributed by atoms with Gasteiger partial charge in [-0.1, -0.05) is 0 Å². The molecule has 0 saturated heterocycles. The summed E-state index contributed by atoms with van der Waals surface area (Å²) in [5, 5.41) is 11.7. The molecule has 2 rings (SSSR count). The Kier molecular flexibility index (Phi) is 5.29. The third-order valence-corrected chi connectivity index (χ3v) is 3.71. The molecule has 1 atom stereocenters. The number of hydrogen-bond acceptors (Lipinski definition) is 7. The molecule has 0 aliphatic carbocycles. The van der Waals surface area contributed by atoms with Gasteiger partial charge in [0.15, 0.2) is 0 Å². The molecular formula is C13H19N5O2S. The molecule has 1 unspecified atom stereocenters. The van der Waals surface area contributed by atoms with Gasteiger partial charge in [0.05, 0.1) is 12.0 Å². The van der Waals surface area contributed by atoms with Gasteiger partial charge < -0.3 is 20.7 Å². The van der Waals surface area contributed by atoms with Crippen molar-refractivity contribution in [1.29, 1.82) is 0 Å². The average Bonchev–Trinajstić information content (AvgIpc) is 2.95. The van der Waals surface area contributed by atoms with Gasteiger partial charge in [0, 0.05) is 20.7 Å². The molecule has 0 aliphatic heterocycles. The molecule has 2 heterocycles. The largest absolute Gasteiger partial charge is 0.383 e. The Morgan fingerprint density at radius 2 is 2.29 bits per heavy atom. The second-order valence-corrected chi connectivity index (χ2v) is 5.33. The van der Waals surface area contributed by atoms with Crippen molar-refractivity contribution in [1.82, 2.24) is 15.3 Å². The van der Waals surface area contributed by atoms with E-state index in [2.05, 4.69) is 25.9 Å². The van der Waals surface area contributed by atoms with Crippen LogP contribution in [0.5, 0.6) is 0 Å². The van der Waals surface area contributed by atoms with E-state index in [9.17, 15) is 4.79 Å². The number of hydrogen-bond donors (Lipinski definition) is 3. The van der Waals surface area contributed by atoms with Crippen LogP contribution >= 0.6 is 11.3 Å². The zero-order chi connectivity index (χ0) is 15.2. The topological polar surface area (TPSA) is 88.2 Å². The average molecular weight is 309 g/mol. The molecule has 0 spiro atoms. The standard InChI is InChI=1S/C13H19N5O2S/c1-8(11(19)15-5-6-20-3)16-10-9-4-7-21-12(9)18-13(14-2)17-10/h4,7-8H,5-6H2,1-3H3,(H,15,19)(H2,14,16,17,18). The highest BCUT2D eigenvalue weighted by Gasteiger charge is 2.15. The fourth-order valence-corrected chi connectivity index (χ4v) is 2.54. The lowest BCUT2D eigenvalue weighted by Crippen LogP contribution is -2.39. The van der Waals surface area contributed by atoms with Gasteiger partial charge in [-0.05, 0) is 18.4 Å². The molecule has 1 amide bonds. The highest BCUT2D eigenvalue weighted by molar-refractivity contribution is 7.16. The van der Waals surface area contributed by atoms with Crippen molar-refractivity contribution in [3.05, 3.63) is 11.4 Å². The fourth-order valence-electron chi connectivity index (χ4n) is 1.78. The minimum atomic E-state index is -0.399. The Bertz CT molecular complexity index is 616. The predicted molar refractivity (Wildman–Crippen MR) is 84.9 cm³/mol. The zero-order valence-corrected chi connectivity index (χ0v) is 13.1. The second-order valence-electron chi connectivity index (χ2n) is 4.44. The van der Waals surface area contributed by atoms with E-state index < -0.39 is 6.04 Å². The van der Waals surface area contributed by atoms with Crippen molar-refractivity contribution in [3.8, 4) is 0 Å². The minimum absolute atomic E-state index is 0.0972. The summed E-state index contributed by atoms with van der Waals surface area (Å²) in [4.78, 5) is 21.6. The molecule has 3 N–H and O–H groups in total. The lowest BCUT2D eigenvalue weighted by Gasteiger charge is -2.15. The molecule has 2 aromatic heterocycles. The normalized spacial score (nSPS) is 12.1. The van der Waals surface area contributed by atoms with Crippen molar-refractivity contribution >= 4 is 39.2 Å². The highest BCUT2D eigenvalue weighted by atomic mass is 32.1. The van der Waals surface area contributed by atoms with Crippen molar-refractivity contribution in [2.45, 2.75) is 13.0 Å². The molecule has 0 aliphatic rings. The van der Waals surface area contributed by atoms with E-state index in [1.54, 1.807) is 21.1 Å². The van der Waals surface area contributed by atoms with Crippen LogP contribution < -0.4 is 16.0 Å². The lowest BCUT2D eigenvalue weighted by molar-refractivity contribution is -0.121. The van der Waals surface area contributed by atoms with E-state index in [0.29, 0.717) is 24.9 Å². The smallest absolute Gasteiger partial charge is 0.242 e. The first-order valence-electron chi connectivity index (χ1n) is 6.62. The summed E-state index contributed by atoms with van der Waals surface area (Å²) in [5.41, 5.74) is 0. The molecule has 0 fully saturated rings. The maximum absolute atomic E-state index is 12.0. The Morgan fingerprint density at radius 3 is 3.00 bits per heavy atom. The Balaban J connectivity index is 2.11. The van der Waals surface area contributed by atoms with Crippen LogP contribution in [0.3, 0.4) is 0 Å². The Hall–Kier alpha value is -1.93. The zero-order valence-electron chi connectivity index (χ0n) is 12.3. The van der Waals surface area contributed by atoms with Gasteiger partial charge >= 0.3 is 0 Å². The molecule has 0 radical (unpaired) electrons. The summed E-state index contributed by atoms with van der Waals surface area (Å²) < 4.78 is 4.91. The van der Waals surface area contributed by atoms with Crippen molar-refractivity contribution < 1.29 is 9.53 Å². The van der Waals surface area contributed by atoms with E-state index in [-0.39, 0.29) is 5.91 Å². The van der Waals surface area contributed by atoms with Crippen molar-refractivity contribution in [2.75, 3.05) is 37.9 Å². The van der Waals surface area contributed by atoms with Gasteiger partial charge in [-0.3, -0.25) is 4.79 Å². The summed E-state index contributed by atoms with van der Waals surface area (Å²) in [6.45, 7) is 2.77. The van der Waals surface area contributed by atoms with Crippen LogP contribution in [-0.2, 0) is 9.53 Å². The van der Waals surface area contributed by atoms with Gasteiger partial charge in [0.25, 0.3) is 0 Å².